The Kier molecular flexibility index (Phi) is 15.1. The summed E-state index contributed by atoms with van der Waals surface area (Å²) in [6, 6.07) is 22.9. The third-order valence-corrected chi connectivity index (χ3v) is 9.57. The molecule has 1 heterocycles. The van der Waals surface area contributed by atoms with E-state index in [9.17, 15) is 0 Å². The molecule has 4 unspecified atom stereocenters. The maximum absolute atomic E-state index is 6.63. The van der Waals surface area contributed by atoms with Gasteiger partial charge in [0.25, 0.3) is 0 Å². The summed E-state index contributed by atoms with van der Waals surface area (Å²) in [5.74, 6) is 8.71. The number of nitrogens with one attached hydrogen (secondary N) is 1. The standard InChI is InChI=1S/C38H52N5O2P.C2H6/c1-8-30-18-32(19-37(44-7)27(30)5)28(6)42-23-34(20-36(42)26(4)25(2)3)43(40)22-33(39)24-45-35-16-14-31(15-17-35)38(46)41-21-29-12-10-9-11-13-29;1-2/h9-19,22,25,34,36,38,41H,4,6,8,20-21,23-24,39-40,46H2,1-3,5,7H3;1-2H3/b33-22-;. The second-order valence-corrected chi connectivity index (χ2v) is 13.1. The van der Waals surface area contributed by atoms with Crippen molar-refractivity contribution in [3.05, 3.63) is 125 Å². The first-order valence-electron chi connectivity index (χ1n) is 17.1. The van der Waals surface area contributed by atoms with Gasteiger partial charge in [0.1, 0.15) is 18.1 Å². The molecule has 5 N–H and O–H groups in total. The van der Waals surface area contributed by atoms with E-state index in [0.29, 0.717) is 18.2 Å². The molecule has 0 radical (unpaired) electrons. The summed E-state index contributed by atoms with van der Waals surface area (Å²) in [5.41, 5.74) is 15.0. The van der Waals surface area contributed by atoms with Crippen molar-refractivity contribution < 1.29 is 9.47 Å². The summed E-state index contributed by atoms with van der Waals surface area (Å²) in [4.78, 5) is 2.34. The fourth-order valence-electron chi connectivity index (χ4n) is 5.94. The highest BCUT2D eigenvalue weighted by molar-refractivity contribution is 7.17. The minimum absolute atomic E-state index is 0.0236. The van der Waals surface area contributed by atoms with Crippen LogP contribution >= 0.6 is 9.24 Å². The van der Waals surface area contributed by atoms with Crippen LogP contribution < -0.4 is 26.4 Å². The first-order valence-corrected chi connectivity index (χ1v) is 17.8. The van der Waals surface area contributed by atoms with E-state index in [-0.39, 0.29) is 24.5 Å². The van der Waals surface area contributed by atoms with Crippen molar-refractivity contribution in [3.8, 4) is 11.5 Å². The van der Waals surface area contributed by atoms with E-state index in [2.05, 4.69) is 109 Å². The van der Waals surface area contributed by atoms with Crippen molar-refractivity contribution in [2.24, 2.45) is 17.5 Å². The molecule has 0 bridgehead atoms. The van der Waals surface area contributed by atoms with Gasteiger partial charge in [-0.25, -0.2) is 5.84 Å². The van der Waals surface area contributed by atoms with E-state index < -0.39 is 0 Å². The fraction of sp³-hybridized carbons (Fsp3) is 0.400. The summed E-state index contributed by atoms with van der Waals surface area (Å²) in [6.07, 6.45) is 3.53. The van der Waals surface area contributed by atoms with Gasteiger partial charge in [0.05, 0.1) is 24.9 Å². The van der Waals surface area contributed by atoms with Gasteiger partial charge in [-0.3, -0.25) is 0 Å². The smallest absolute Gasteiger partial charge is 0.129 e. The Morgan fingerprint density at radius 2 is 1.77 bits per heavy atom. The molecular weight excluding hydrogens is 613 g/mol. The molecule has 8 heteroatoms. The molecule has 0 amide bonds. The van der Waals surface area contributed by atoms with Gasteiger partial charge in [-0.1, -0.05) is 95.8 Å². The van der Waals surface area contributed by atoms with Crippen LogP contribution in [0.5, 0.6) is 11.5 Å². The van der Waals surface area contributed by atoms with Crippen molar-refractivity contribution in [1.82, 2.24) is 15.2 Å². The second-order valence-electron chi connectivity index (χ2n) is 12.4. The van der Waals surface area contributed by atoms with Gasteiger partial charge in [-0.05, 0) is 72.2 Å². The lowest BCUT2D eigenvalue weighted by atomic mass is 9.94. The molecule has 0 saturated carbocycles. The molecule has 260 valence electrons. The second kappa shape index (κ2) is 18.7. The van der Waals surface area contributed by atoms with Crippen LogP contribution in [0.3, 0.4) is 0 Å². The Balaban J connectivity index is 0.00000307. The summed E-state index contributed by atoms with van der Waals surface area (Å²) >= 11 is 0. The molecule has 1 fully saturated rings. The lowest BCUT2D eigenvalue weighted by molar-refractivity contribution is 0.280. The van der Waals surface area contributed by atoms with Gasteiger partial charge in [-0.2, -0.15) is 0 Å². The van der Waals surface area contributed by atoms with Crippen LogP contribution in [0.15, 0.2) is 97.4 Å². The topological polar surface area (TPSA) is 89.0 Å². The molecule has 4 atom stereocenters. The number of rotatable bonds is 15. The van der Waals surface area contributed by atoms with E-state index in [1.165, 1.54) is 22.3 Å². The highest BCUT2D eigenvalue weighted by atomic mass is 31.0. The largest absolute Gasteiger partial charge is 0.496 e. The zero-order valence-corrected chi connectivity index (χ0v) is 31.3. The molecule has 1 saturated heterocycles. The van der Waals surface area contributed by atoms with Crippen molar-refractivity contribution in [3.63, 3.8) is 0 Å². The van der Waals surface area contributed by atoms with Crippen molar-refractivity contribution in [2.45, 2.75) is 78.8 Å². The average molecular weight is 672 g/mol. The third-order valence-electron chi connectivity index (χ3n) is 8.95. The minimum atomic E-state index is 0.0236. The number of ether oxygens (including phenoxy) is 2. The number of hydrazine groups is 1. The zero-order valence-electron chi connectivity index (χ0n) is 30.1. The number of nitrogens with two attached hydrogens (primary N) is 2. The van der Waals surface area contributed by atoms with Crippen LogP contribution in [-0.4, -0.2) is 42.3 Å². The minimum Gasteiger partial charge on any atom is -0.496 e. The molecule has 1 aliphatic rings. The molecule has 0 aliphatic carbocycles. The summed E-state index contributed by atoms with van der Waals surface area (Å²) in [5, 5.41) is 5.26. The Hall–Kier alpha value is -3.77. The molecule has 48 heavy (non-hydrogen) atoms. The van der Waals surface area contributed by atoms with E-state index in [1.54, 1.807) is 18.3 Å². The Morgan fingerprint density at radius 1 is 1.10 bits per heavy atom. The first-order chi connectivity index (χ1) is 23.0. The quantitative estimate of drug-likeness (QED) is 0.0655. The lowest BCUT2D eigenvalue weighted by Crippen LogP contribution is -2.39. The first kappa shape index (κ1) is 38.7. The number of benzene rings is 3. The summed E-state index contributed by atoms with van der Waals surface area (Å²) in [7, 11) is 4.58. The maximum Gasteiger partial charge on any atom is 0.129 e. The highest BCUT2D eigenvalue weighted by Crippen LogP contribution is 2.37. The van der Waals surface area contributed by atoms with Crippen molar-refractivity contribution in [1.29, 1.82) is 0 Å². The summed E-state index contributed by atoms with van der Waals surface area (Å²) < 4.78 is 11.7. The van der Waals surface area contributed by atoms with E-state index >= 15 is 0 Å². The van der Waals surface area contributed by atoms with Crippen molar-refractivity contribution in [2.75, 3.05) is 20.3 Å². The lowest BCUT2D eigenvalue weighted by Gasteiger charge is -2.32. The third kappa shape index (κ3) is 10.1. The zero-order chi connectivity index (χ0) is 35.4. The Bertz CT molecular complexity index is 1480. The molecule has 3 aromatic rings. The average Bonchev–Trinajstić information content (AvgIpc) is 3.56. The van der Waals surface area contributed by atoms with Crippen LogP contribution in [0.25, 0.3) is 5.70 Å². The van der Waals surface area contributed by atoms with Gasteiger partial charge < -0.3 is 30.4 Å². The van der Waals surface area contributed by atoms with Crippen molar-refractivity contribution >= 4 is 14.9 Å². The van der Waals surface area contributed by atoms with E-state index in [4.69, 9.17) is 21.1 Å². The molecule has 0 spiro atoms. The number of methoxy groups -OCH3 is 1. The fourth-order valence-corrected chi connectivity index (χ4v) is 6.28. The monoisotopic (exact) mass is 671 g/mol. The predicted octanol–water partition coefficient (Wildman–Crippen LogP) is 7.94. The van der Waals surface area contributed by atoms with Gasteiger partial charge >= 0.3 is 0 Å². The van der Waals surface area contributed by atoms with Gasteiger partial charge in [0.2, 0.25) is 0 Å². The predicted molar refractivity (Wildman–Crippen MR) is 206 cm³/mol. The molecular formula is C40H58N5O2P. The van der Waals surface area contributed by atoms with Crippen LogP contribution in [-0.2, 0) is 13.0 Å². The molecule has 1 aliphatic heterocycles. The number of aryl methyl sites for hydroxylation is 1. The Morgan fingerprint density at radius 3 is 2.38 bits per heavy atom. The Labute approximate surface area is 292 Å². The van der Waals surface area contributed by atoms with E-state index in [0.717, 1.165) is 47.7 Å². The van der Waals surface area contributed by atoms with Crippen LogP contribution in [0.1, 0.15) is 74.6 Å². The number of hydrogen-bond donors (Lipinski definition) is 3. The normalized spacial score (nSPS) is 16.6. The number of nitrogens with zero attached hydrogens (tertiary/aromatic N) is 2. The highest BCUT2D eigenvalue weighted by Gasteiger charge is 2.37. The molecule has 3 aromatic carbocycles. The molecule has 4 rings (SSSR count). The number of hydrogen-bond acceptors (Lipinski definition) is 7. The molecule has 0 aromatic heterocycles. The summed E-state index contributed by atoms with van der Waals surface area (Å²) in [6.45, 7) is 23.4. The van der Waals surface area contributed by atoms with Gasteiger partial charge in [0, 0.05) is 36.3 Å². The number of likely N-dealkylation sites (tertiary alicyclic amines) is 1. The van der Waals surface area contributed by atoms with E-state index in [1.807, 2.05) is 32.0 Å². The van der Waals surface area contributed by atoms with Gasteiger partial charge in [-0.15, -0.1) is 9.24 Å². The van der Waals surface area contributed by atoms with Crippen LogP contribution in [0.4, 0.5) is 0 Å². The SMILES string of the molecule is C=C(C(C)C)C1CC(N(N)/C=C(\N)COc2ccc(C(P)NCc3ccccc3)cc2)CN1C(=C)c1cc(CC)c(C)c(OC)c1.CC. The van der Waals surface area contributed by atoms with Crippen LogP contribution in [0.2, 0.25) is 0 Å². The van der Waals surface area contributed by atoms with Gasteiger partial charge in [0.15, 0.2) is 0 Å². The molecule has 7 nitrogen and oxygen atoms in total. The van der Waals surface area contributed by atoms with Crippen LogP contribution in [0, 0.1) is 12.8 Å². The maximum atomic E-state index is 6.63.